The van der Waals surface area contributed by atoms with Crippen LogP contribution in [-0.2, 0) is 19.6 Å². The van der Waals surface area contributed by atoms with Crippen molar-refractivity contribution in [2.45, 2.75) is 25.2 Å². The van der Waals surface area contributed by atoms with E-state index in [-0.39, 0.29) is 18.0 Å². The van der Waals surface area contributed by atoms with Gasteiger partial charge in [-0.05, 0) is 37.1 Å². The molecule has 0 amide bonds. The largest absolute Gasteiger partial charge is 0.468 e. The molecule has 0 radical (unpaired) electrons. The third kappa shape index (κ3) is 4.04. The van der Waals surface area contributed by atoms with Crippen molar-refractivity contribution in [3.8, 4) is 0 Å². The summed E-state index contributed by atoms with van der Waals surface area (Å²) in [7, 11) is -2.46. The highest BCUT2D eigenvalue weighted by atomic mass is 79.9. The molecule has 0 spiro atoms. The second kappa shape index (κ2) is 7.19. The summed E-state index contributed by atoms with van der Waals surface area (Å²) in [4.78, 5) is 11.5. The first-order valence-corrected chi connectivity index (χ1v) is 8.39. The average Bonchev–Trinajstić information content (AvgIpc) is 2.40. The number of aryl methyl sites for hydroxylation is 1. The van der Waals surface area contributed by atoms with E-state index in [0.717, 1.165) is 14.3 Å². The van der Waals surface area contributed by atoms with Crippen LogP contribution in [0.2, 0.25) is 0 Å². The highest BCUT2D eigenvalue weighted by Gasteiger charge is 2.26. The Labute approximate surface area is 128 Å². The zero-order valence-corrected chi connectivity index (χ0v) is 14.1. The van der Waals surface area contributed by atoms with E-state index in [1.807, 2.05) is 13.8 Å². The van der Waals surface area contributed by atoms with E-state index in [0.29, 0.717) is 6.42 Å². The zero-order valence-electron chi connectivity index (χ0n) is 11.7. The summed E-state index contributed by atoms with van der Waals surface area (Å²) < 4.78 is 31.6. The van der Waals surface area contributed by atoms with Crippen LogP contribution in [0.15, 0.2) is 27.6 Å². The van der Waals surface area contributed by atoms with Crippen LogP contribution in [0, 0.1) is 6.92 Å². The summed E-state index contributed by atoms with van der Waals surface area (Å²) in [6.07, 6.45) is 0.617. The maximum Gasteiger partial charge on any atom is 0.321 e. The minimum absolute atomic E-state index is 0.176. The molecular formula is C13H18BrNO4S. The van der Waals surface area contributed by atoms with Crippen LogP contribution in [0.1, 0.15) is 18.9 Å². The molecule has 0 saturated heterocycles. The monoisotopic (exact) mass is 363 g/mol. The third-order valence-corrected chi connectivity index (χ3v) is 5.50. The van der Waals surface area contributed by atoms with E-state index < -0.39 is 16.0 Å². The smallest absolute Gasteiger partial charge is 0.321 e. The predicted molar refractivity (Wildman–Crippen MR) is 79.9 cm³/mol. The van der Waals surface area contributed by atoms with Crippen LogP contribution in [0.25, 0.3) is 0 Å². The molecule has 0 aliphatic heterocycles. The number of ether oxygens (including phenoxy) is 1. The number of rotatable bonds is 6. The van der Waals surface area contributed by atoms with Gasteiger partial charge in [0, 0.05) is 11.0 Å². The lowest BCUT2D eigenvalue weighted by Crippen LogP contribution is -2.36. The fraction of sp³-hybridized carbons (Fsp3) is 0.462. The normalized spacial score (nSPS) is 11.7. The highest BCUT2D eigenvalue weighted by Crippen LogP contribution is 2.22. The Morgan fingerprint density at radius 3 is 2.55 bits per heavy atom. The molecule has 0 saturated carbocycles. The van der Waals surface area contributed by atoms with E-state index in [1.54, 1.807) is 12.1 Å². The standard InChI is InChI=1S/C13H18BrNO4S/c1-4-7-15(9-13(16)19-3)20(17,18)11-5-6-12(14)10(2)8-11/h5-6,8H,4,7,9H2,1-3H3. The lowest BCUT2D eigenvalue weighted by Gasteiger charge is -2.20. The molecule has 112 valence electrons. The molecule has 20 heavy (non-hydrogen) atoms. The SMILES string of the molecule is CCCN(CC(=O)OC)S(=O)(=O)c1ccc(Br)c(C)c1. The van der Waals surface area contributed by atoms with Gasteiger partial charge in [0.25, 0.3) is 0 Å². The molecule has 0 unspecified atom stereocenters. The van der Waals surface area contributed by atoms with E-state index in [1.165, 1.54) is 13.2 Å². The van der Waals surface area contributed by atoms with Gasteiger partial charge in [0.15, 0.2) is 0 Å². The summed E-state index contributed by atoms with van der Waals surface area (Å²) in [5.41, 5.74) is 0.820. The van der Waals surface area contributed by atoms with Crippen molar-refractivity contribution >= 4 is 31.9 Å². The molecule has 1 rings (SSSR count). The van der Waals surface area contributed by atoms with Crippen LogP contribution < -0.4 is 0 Å². The fourth-order valence-corrected chi connectivity index (χ4v) is 3.48. The summed E-state index contributed by atoms with van der Waals surface area (Å²) >= 11 is 3.33. The maximum absolute atomic E-state index is 12.5. The Balaban J connectivity index is 3.14. The van der Waals surface area contributed by atoms with Gasteiger partial charge in [0.05, 0.1) is 12.0 Å². The van der Waals surface area contributed by atoms with Gasteiger partial charge in [-0.2, -0.15) is 4.31 Å². The molecule has 1 aromatic rings. The van der Waals surface area contributed by atoms with Crippen LogP contribution in [0.4, 0.5) is 0 Å². The number of carbonyl (C=O) groups excluding carboxylic acids is 1. The molecule has 0 fully saturated rings. The average molecular weight is 364 g/mol. The summed E-state index contributed by atoms with van der Waals surface area (Å²) in [6, 6.07) is 4.79. The second-order valence-corrected chi connectivity index (χ2v) is 7.12. The van der Waals surface area contributed by atoms with E-state index in [4.69, 9.17) is 0 Å². The first-order chi connectivity index (χ1) is 9.32. The number of methoxy groups -OCH3 is 1. The summed E-state index contributed by atoms with van der Waals surface area (Å²) in [5.74, 6) is -0.573. The van der Waals surface area contributed by atoms with E-state index in [2.05, 4.69) is 20.7 Å². The summed E-state index contributed by atoms with van der Waals surface area (Å²) in [5, 5.41) is 0. The first kappa shape index (κ1) is 17.1. The van der Waals surface area contributed by atoms with E-state index in [9.17, 15) is 13.2 Å². The van der Waals surface area contributed by atoms with Crippen LogP contribution in [0.3, 0.4) is 0 Å². The molecule has 5 nitrogen and oxygen atoms in total. The number of nitrogens with zero attached hydrogens (tertiary/aromatic N) is 1. The maximum atomic E-state index is 12.5. The van der Waals surface area contributed by atoms with Gasteiger partial charge in [-0.3, -0.25) is 4.79 Å². The molecule has 0 aliphatic carbocycles. The molecule has 0 aliphatic rings. The van der Waals surface area contributed by atoms with Gasteiger partial charge in [0.1, 0.15) is 6.54 Å². The van der Waals surface area contributed by atoms with Gasteiger partial charge < -0.3 is 4.74 Å². The van der Waals surface area contributed by atoms with Crippen LogP contribution >= 0.6 is 15.9 Å². The van der Waals surface area contributed by atoms with Crippen LogP contribution in [-0.4, -0.2) is 38.9 Å². The van der Waals surface area contributed by atoms with Gasteiger partial charge in [0.2, 0.25) is 10.0 Å². The predicted octanol–water partition coefficient (Wildman–Crippen LogP) is 2.33. The van der Waals surface area contributed by atoms with Gasteiger partial charge in [-0.1, -0.05) is 22.9 Å². The summed E-state index contributed by atoms with van der Waals surface area (Å²) in [6.45, 7) is 3.66. The lowest BCUT2D eigenvalue weighted by molar-refractivity contribution is -0.140. The van der Waals surface area contributed by atoms with Crippen molar-refractivity contribution in [3.05, 3.63) is 28.2 Å². The number of sulfonamides is 1. The van der Waals surface area contributed by atoms with Gasteiger partial charge >= 0.3 is 5.97 Å². The molecule has 0 bridgehead atoms. The van der Waals surface area contributed by atoms with Crippen molar-refractivity contribution in [2.75, 3.05) is 20.2 Å². The van der Waals surface area contributed by atoms with Crippen molar-refractivity contribution in [3.63, 3.8) is 0 Å². The quantitative estimate of drug-likeness (QED) is 0.727. The Hall–Kier alpha value is -0.920. The van der Waals surface area contributed by atoms with Crippen molar-refractivity contribution in [1.29, 1.82) is 0 Å². The molecule has 0 aromatic heterocycles. The lowest BCUT2D eigenvalue weighted by atomic mass is 10.2. The molecule has 7 heteroatoms. The molecule has 0 heterocycles. The first-order valence-electron chi connectivity index (χ1n) is 6.16. The number of halogens is 1. The Morgan fingerprint density at radius 2 is 2.05 bits per heavy atom. The number of benzene rings is 1. The van der Waals surface area contributed by atoms with Crippen molar-refractivity contribution < 1.29 is 17.9 Å². The van der Waals surface area contributed by atoms with Gasteiger partial charge in [-0.25, -0.2) is 8.42 Å². The Kier molecular flexibility index (Phi) is 6.16. The number of esters is 1. The minimum atomic E-state index is -3.70. The fourth-order valence-electron chi connectivity index (χ4n) is 1.67. The highest BCUT2D eigenvalue weighted by molar-refractivity contribution is 9.10. The van der Waals surface area contributed by atoms with Gasteiger partial charge in [-0.15, -0.1) is 0 Å². The zero-order chi connectivity index (χ0) is 15.3. The Bertz CT molecular complexity index is 586. The molecular weight excluding hydrogens is 346 g/mol. The second-order valence-electron chi connectivity index (χ2n) is 4.33. The molecule has 1 aromatic carbocycles. The minimum Gasteiger partial charge on any atom is -0.468 e. The topological polar surface area (TPSA) is 63.7 Å². The Morgan fingerprint density at radius 1 is 1.40 bits per heavy atom. The number of carbonyl (C=O) groups is 1. The number of hydrogen-bond acceptors (Lipinski definition) is 4. The van der Waals surface area contributed by atoms with Crippen molar-refractivity contribution in [1.82, 2.24) is 4.31 Å². The van der Waals surface area contributed by atoms with Crippen molar-refractivity contribution in [2.24, 2.45) is 0 Å². The molecule has 0 N–H and O–H groups in total. The molecule has 0 atom stereocenters. The van der Waals surface area contributed by atoms with E-state index >= 15 is 0 Å². The van der Waals surface area contributed by atoms with Crippen LogP contribution in [0.5, 0.6) is 0 Å². The third-order valence-electron chi connectivity index (χ3n) is 2.77. The number of hydrogen-bond donors (Lipinski definition) is 0.